The highest BCUT2D eigenvalue weighted by Crippen LogP contribution is 2.40. The van der Waals surface area contributed by atoms with Crippen molar-refractivity contribution in [1.29, 1.82) is 0 Å². The van der Waals surface area contributed by atoms with E-state index in [1.54, 1.807) is 30.9 Å². The number of aryl methyl sites for hydroxylation is 1. The number of aliphatic hydroxyl groups excluding tert-OH is 1. The van der Waals surface area contributed by atoms with Crippen LogP contribution in [0.3, 0.4) is 0 Å². The standard InChI is InChI=1S/C24H21ClFN3O4/c1-33-19-8-5-16(13-18(19)25)22(30)20-21(15-3-6-17(26)7-4-15)29(24(32)23(20)31)11-2-10-28-12-9-27-14-28/h3-9,12-14,21,30H,2,10-11H2,1H3/b22-20+. The summed E-state index contributed by atoms with van der Waals surface area (Å²) >= 11 is 6.19. The third kappa shape index (κ3) is 4.47. The van der Waals surface area contributed by atoms with Crippen molar-refractivity contribution in [2.24, 2.45) is 0 Å². The molecular weight excluding hydrogens is 449 g/mol. The maximum absolute atomic E-state index is 13.6. The van der Waals surface area contributed by atoms with Crippen molar-refractivity contribution >= 4 is 29.1 Å². The highest BCUT2D eigenvalue weighted by atomic mass is 35.5. The summed E-state index contributed by atoms with van der Waals surface area (Å²) in [5.74, 6) is -1.93. The number of Topliss-reactive ketones (excluding diaryl/α,β-unsaturated/α-hetero) is 1. The smallest absolute Gasteiger partial charge is 0.295 e. The minimum Gasteiger partial charge on any atom is -0.507 e. The van der Waals surface area contributed by atoms with Crippen LogP contribution < -0.4 is 4.74 Å². The third-order valence-electron chi connectivity index (χ3n) is 5.53. The molecule has 0 radical (unpaired) electrons. The first-order valence-electron chi connectivity index (χ1n) is 10.2. The van der Waals surface area contributed by atoms with E-state index in [1.165, 1.54) is 42.3 Å². The minimum atomic E-state index is -0.866. The SMILES string of the molecule is COc1ccc(/C(O)=C2\C(=O)C(=O)N(CCCn3ccnc3)C2c2ccc(F)cc2)cc1Cl. The molecule has 1 saturated heterocycles. The molecule has 0 aliphatic carbocycles. The van der Waals surface area contributed by atoms with Crippen molar-refractivity contribution in [2.75, 3.05) is 13.7 Å². The molecule has 7 nitrogen and oxygen atoms in total. The van der Waals surface area contributed by atoms with Gasteiger partial charge >= 0.3 is 0 Å². The number of hydrogen-bond acceptors (Lipinski definition) is 5. The maximum Gasteiger partial charge on any atom is 0.295 e. The normalized spacial score (nSPS) is 17.5. The van der Waals surface area contributed by atoms with Gasteiger partial charge in [0, 0.05) is 31.0 Å². The van der Waals surface area contributed by atoms with Gasteiger partial charge in [0.15, 0.2) is 0 Å². The summed E-state index contributed by atoms with van der Waals surface area (Å²) in [4.78, 5) is 31.4. The van der Waals surface area contributed by atoms with Crippen LogP contribution in [-0.4, -0.2) is 44.9 Å². The van der Waals surface area contributed by atoms with Gasteiger partial charge in [0.1, 0.15) is 17.3 Å². The molecule has 3 aromatic rings. The Balaban J connectivity index is 1.74. The predicted molar refractivity (Wildman–Crippen MR) is 120 cm³/mol. The van der Waals surface area contributed by atoms with E-state index in [9.17, 15) is 19.1 Å². The number of hydrogen-bond donors (Lipinski definition) is 1. The van der Waals surface area contributed by atoms with Crippen molar-refractivity contribution in [1.82, 2.24) is 14.5 Å². The fraction of sp³-hybridized carbons (Fsp3) is 0.208. The Labute approximate surface area is 194 Å². The Hall–Kier alpha value is -3.65. The fourth-order valence-electron chi connectivity index (χ4n) is 3.91. The van der Waals surface area contributed by atoms with Gasteiger partial charge in [-0.2, -0.15) is 0 Å². The van der Waals surface area contributed by atoms with Crippen LogP contribution in [0.4, 0.5) is 4.39 Å². The Morgan fingerprint density at radius 1 is 1.18 bits per heavy atom. The molecule has 0 spiro atoms. The molecule has 0 saturated carbocycles. The van der Waals surface area contributed by atoms with Crippen LogP contribution >= 0.6 is 11.6 Å². The van der Waals surface area contributed by atoms with Crippen molar-refractivity contribution in [3.63, 3.8) is 0 Å². The van der Waals surface area contributed by atoms with Crippen molar-refractivity contribution in [3.8, 4) is 5.75 Å². The van der Waals surface area contributed by atoms with Crippen LogP contribution in [0.5, 0.6) is 5.75 Å². The van der Waals surface area contributed by atoms with E-state index in [4.69, 9.17) is 16.3 Å². The molecule has 2 heterocycles. The van der Waals surface area contributed by atoms with Crippen LogP contribution in [0.15, 0.2) is 66.8 Å². The van der Waals surface area contributed by atoms with E-state index >= 15 is 0 Å². The number of likely N-dealkylation sites (tertiary alicyclic amines) is 1. The molecule has 1 atom stereocenters. The lowest BCUT2D eigenvalue weighted by Crippen LogP contribution is -2.31. The summed E-state index contributed by atoms with van der Waals surface area (Å²) in [5.41, 5.74) is 0.708. The number of halogens is 2. The van der Waals surface area contributed by atoms with E-state index < -0.39 is 23.5 Å². The van der Waals surface area contributed by atoms with E-state index in [0.717, 1.165) is 0 Å². The Bertz CT molecular complexity index is 1210. The number of ketones is 1. The summed E-state index contributed by atoms with van der Waals surface area (Å²) < 4.78 is 20.6. The van der Waals surface area contributed by atoms with Gasteiger partial charge in [-0.25, -0.2) is 9.37 Å². The van der Waals surface area contributed by atoms with Gasteiger partial charge in [0.2, 0.25) is 0 Å². The fourth-order valence-corrected chi connectivity index (χ4v) is 4.17. The van der Waals surface area contributed by atoms with Crippen LogP contribution in [0.1, 0.15) is 23.6 Å². The molecule has 4 rings (SSSR count). The third-order valence-corrected chi connectivity index (χ3v) is 5.82. The first-order valence-corrected chi connectivity index (χ1v) is 10.6. The van der Waals surface area contributed by atoms with Crippen molar-refractivity contribution < 1.29 is 23.8 Å². The zero-order valence-corrected chi connectivity index (χ0v) is 18.5. The van der Waals surface area contributed by atoms with Crippen LogP contribution in [0, 0.1) is 5.82 Å². The molecule has 33 heavy (non-hydrogen) atoms. The molecule has 1 fully saturated rings. The second kappa shape index (κ2) is 9.46. The number of aliphatic hydroxyl groups is 1. The summed E-state index contributed by atoms with van der Waals surface area (Å²) in [6.07, 6.45) is 5.68. The van der Waals surface area contributed by atoms with E-state index in [2.05, 4.69) is 4.98 Å². The van der Waals surface area contributed by atoms with E-state index in [-0.39, 0.29) is 28.5 Å². The number of benzene rings is 2. The minimum absolute atomic E-state index is 0.0736. The zero-order valence-electron chi connectivity index (χ0n) is 17.7. The van der Waals surface area contributed by atoms with Gasteiger partial charge in [-0.1, -0.05) is 23.7 Å². The molecule has 9 heteroatoms. The molecule has 1 aliphatic heterocycles. The summed E-state index contributed by atoms with van der Waals surface area (Å²) in [7, 11) is 1.46. The van der Waals surface area contributed by atoms with Gasteiger partial charge in [-0.3, -0.25) is 9.59 Å². The van der Waals surface area contributed by atoms with Crippen LogP contribution in [0.25, 0.3) is 5.76 Å². The number of methoxy groups -OCH3 is 1. The largest absolute Gasteiger partial charge is 0.507 e. The number of ether oxygens (including phenoxy) is 1. The van der Waals surface area contributed by atoms with E-state index in [0.29, 0.717) is 24.3 Å². The molecule has 2 aromatic carbocycles. The van der Waals surface area contributed by atoms with Crippen LogP contribution in [0.2, 0.25) is 5.02 Å². The lowest BCUT2D eigenvalue weighted by Gasteiger charge is -2.25. The second-order valence-corrected chi connectivity index (χ2v) is 7.95. The summed E-state index contributed by atoms with van der Waals surface area (Å²) in [6, 6.07) is 9.22. The molecule has 1 aromatic heterocycles. The molecule has 1 amide bonds. The average Bonchev–Trinajstić information content (AvgIpc) is 3.41. The molecular formula is C24H21ClFN3O4. The van der Waals surface area contributed by atoms with Crippen molar-refractivity contribution in [2.45, 2.75) is 19.0 Å². The highest BCUT2D eigenvalue weighted by Gasteiger charge is 2.45. The molecule has 1 aliphatic rings. The maximum atomic E-state index is 13.6. The number of carbonyl (C=O) groups excluding carboxylic acids is 2. The lowest BCUT2D eigenvalue weighted by molar-refractivity contribution is -0.139. The number of amides is 1. The lowest BCUT2D eigenvalue weighted by atomic mass is 9.95. The van der Waals surface area contributed by atoms with Crippen LogP contribution in [-0.2, 0) is 16.1 Å². The summed E-state index contributed by atoms with van der Waals surface area (Å²) in [6.45, 7) is 0.845. The Kier molecular flexibility index (Phi) is 6.46. The van der Waals surface area contributed by atoms with Gasteiger partial charge in [0.25, 0.3) is 11.7 Å². The van der Waals surface area contributed by atoms with Crippen molar-refractivity contribution in [3.05, 3.63) is 88.7 Å². The average molecular weight is 470 g/mol. The van der Waals surface area contributed by atoms with Gasteiger partial charge in [-0.05, 0) is 42.3 Å². The molecule has 170 valence electrons. The number of nitrogens with zero attached hydrogens (tertiary/aromatic N) is 3. The number of imidazole rings is 1. The second-order valence-electron chi connectivity index (χ2n) is 7.55. The van der Waals surface area contributed by atoms with Gasteiger partial charge in [0.05, 0.1) is 30.1 Å². The first kappa shape index (κ1) is 22.5. The predicted octanol–water partition coefficient (Wildman–Crippen LogP) is 4.20. The topological polar surface area (TPSA) is 84.7 Å². The molecule has 1 unspecified atom stereocenters. The Morgan fingerprint density at radius 3 is 2.58 bits per heavy atom. The molecule has 0 bridgehead atoms. The summed E-state index contributed by atoms with van der Waals surface area (Å²) in [5, 5.41) is 11.3. The monoisotopic (exact) mass is 469 g/mol. The first-order chi connectivity index (χ1) is 15.9. The van der Waals surface area contributed by atoms with Gasteiger partial charge < -0.3 is 19.3 Å². The van der Waals surface area contributed by atoms with Gasteiger partial charge in [-0.15, -0.1) is 0 Å². The number of rotatable bonds is 7. The molecule has 1 N–H and O–H groups in total. The number of aromatic nitrogens is 2. The van der Waals surface area contributed by atoms with E-state index in [1.807, 2.05) is 4.57 Å². The zero-order chi connectivity index (χ0) is 23.5. The Morgan fingerprint density at radius 2 is 1.94 bits per heavy atom. The number of carbonyl (C=O) groups is 2. The highest BCUT2D eigenvalue weighted by molar-refractivity contribution is 6.46. The quantitative estimate of drug-likeness (QED) is 0.318.